The maximum Gasteiger partial charge on any atom is 0.377 e. The summed E-state index contributed by atoms with van der Waals surface area (Å²) in [5, 5.41) is 4.19. The van der Waals surface area contributed by atoms with E-state index in [0.717, 1.165) is 4.88 Å². The van der Waals surface area contributed by atoms with E-state index in [9.17, 15) is 18.9 Å². The van der Waals surface area contributed by atoms with Crippen LogP contribution in [0.3, 0.4) is 0 Å². The second-order valence-electron chi connectivity index (χ2n) is 6.28. The van der Waals surface area contributed by atoms with E-state index in [2.05, 4.69) is 5.32 Å². The zero-order valence-corrected chi connectivity index (χ0v) is 18.6. The SMILES string of the molecule is COP(=O)(OC)C1=C(COC(C)=O)CS[C@H]2[C@H](NC(=O)Cc3cccs3)C(=O)N12. The van der Waals surface area contributed by atoms with Gasteiger partial charge in [0.15, 0.2) is 0 Å². The molecule has 2 aliphatic rings. The molecule has 0 aromatic carbocycles. The van der Waals surface area contributed by atoms with Gasteiger partial charge in [0, 0.05) is 37.3 Å². The van der Waals surface area contributed by atoms with Crippen molar-refractivity contribution in [2.45, 2.75) is 24.8 Å². The highest BCUT2D eigenvalue weighted by Crippen LogP contribution is 2.61. The Morgan fingerprint density at radius 2 is 2.07 bits per heavy atom. The predicted molar refractivity (Wildman–Crippen MR) is 108 cm³/mol. The van der Waals surface area contributed by atoms with E-state index >= 15 is 0 Å². The van der Waals surface area contributed by atoms with Crippen LogP contribution < -0.4 is 5.32 Å². The molecule has 2 amide bonds. The van der Waals surface area contributed by atoms with E-state index in [1.54, 1.807) is 0 Å². The molecule has 1 aromatic heterocycles. The lowest BCUT2D eigenvalue weighted by Crippen LogP contribution is -2.70. The van der Waals surface area contributed by atoms with Gasteiger partial charge in [-0.1, -0.05) is 6.07 Å². The summed E-state index contributed by atoms with van der Waals surface area (Å²) in [7, 11) is -1.34. The topological polar surface area (TPSA) is 111 Å². The first-order chi connectivity index (χ1) is 13.8. The van der Waals surface area contributed by atoms with E-state index in [4.69, 9.17) is 13.8 Å². The number of nitrogens with zero attached hydrogens (tertiary/aromatic N) is 1. The number of nitrogens with one attached hydrogen (secondary N) is 1. The van der Waals surface area contributed by atoms with Crippen LogP contribution in [-0.2, 0) is 39.2 Å². The van der Waals surface area contributed by atoms with Gasteiger partial charge in [-0.2, -0.15) is 0 Å². The molecule has 0 aliphatic carbocycles. The molecule has 2 aliphatic heterocycles. The molecule has 9 nitrogen and oxygen atoms in total. The van der Waals surface area contributed by atoms with Gasteiger partial charge in [0.25, 0.3) is 5.91 Å². The lowest BCUT2D eigenvalue weighted by Gasteiger charge is -2.50. The van der Waals surface area contributed by atoms with Gasteiger partial charge in [0.2, 0.25) is 5.91 Å². The number of esters is 1. The summed E-state index contributed by atoms with van der Waals surface area (Å²) in [6.45, 7) is 1.14. The van der Waals surface area contributed by atoms with Gasteiger partial charge in [0.05, 0.1) is 6.42 Å². The first kappa shape index (κ1) is 22.0. The van der Waals surface area contributed by atoms with Crippen molar-refractivity contribution in [3.8, 4) is 0 Å². The third-order valence-electron chi connectivity index (χ3n) is 4.44. The van der Waals surface area contributed by atoms with Crippen LogP contribution in [0.25, 0.3) is 0 Å². The standard InChI is InChI=1S/C17H21N2O7PS2/c1-10(20)26-8-11-9-29-17-14(18-13(21)7-12-5-4-6-28-12)15(22)19(17)16(11)27(23,24-2)25-3/h4-6,14,17H,7-9H2,1-3H3,(H,18,21)/t14-,17+/m1/s1. The molecular formula is C17H21N2O7PS2. The summed E-state index contributed by atoms with van der Waals surface area (Å²) in [6, 6.07) is 2.97. The highest BCUT2D eigenvalue weighted by atomic mass is 32.2. The molecule has 0 saturated carbocycles. The van der Waals surface area contributed by atoms with Crippen LogP contribution in [0.15, 0.2) is 28.5 Å². The third-order valence-corrected chi connectivity index (χ3v) is 8.66. The average Bonchev–Trinajstić information content (AvgIpc) is 3.21. The van der Waals surface area contributed by atoms with Crippen molar-refractivity contribution in [1.82, 2.24) is 10.2 Å². The van der Waals surface area contributed by atoms with Crippen LogP contribution >= 0.6 is 30.7 Å². The Morgan fingerprint density at radius 1 is 1.34 bits per heavy atom. The lowest BCUT2D eigenvalue weighted by atomic mass is 10.1. The van der Waals surface area contributed by atoms with E-state index in [0.29, 0.717) is 11.3 Å². The Hall–Kier alpha value is -1.65. The highest BCUT2D eigenvalue weighted by molar-refractivity contribution is 8.00. The Morgan fingerprint density at radius 3 is 2.66 bits per heavy atom. The molecule has 1 saturated heterocycles. The number of thioether (sulfide) groups is 1. The van der Waals surface area contributed by atoms with Crippen molar-refractivity contribution in [1.29, 1.82) is 0 Å². The fourth-order valence-corrected chi connectivity index (χ4v) is 6.81. The summed E-state index contributed by atoms with van der Waals surface area (Å²) in [5.74, 6) is -0.817. The molecule has 1 aromatic rings. The number of hydrogen-bond acceptors (Lipinski definition) is 9. The first-order valence-electron chi connectivity index (χ1n) is 8.64. The Bertz CT molecular complexity index is 878. The fraction of sp³-hybridized carbons (Fsp3) is 0.471. The van der Waals surface area contributed by atoms with Crippen LogP contribution in [-0.4, -0.2) is 60.7 Å². The summed E-state index contributed by atoms with van der Waals surface area (Å²) in [4.78, 5) is 38.6. The molecule has 0 spiro atoms. The maximum atomic E-state index is 13.1. The van der Waals surface area contributed by atoms with Crippen LogP contribution in [0.4, 0.5) is 0 Å². The van der Waals surface area contributed by atoms with Gasteiger partial charge in [-0.15, -0.1) is 23.1 Å². The molecule has 2 atom stereocenters. The second-order valence-corrected chi connectivity index (χ2v) is 10.6. The summed E-state index contributed by atoms with van der Waals surface area (Å²) in [6.07, 6.45) is 0.188. The molecule has 1 N–H and O–H groups in total. The smallest absolute Gasteiger partial charge is 0.377 e. The molecular weight excluding hydrogens is 439 g/mol. The fourth-order valence-electron chi connectivity index (χ4n) is 3.08. The molecule has 3 heterocycles. The lowest BCUT2D eigenvalue weighted by molar-refractivity contribution is -0.145. The van der Waals surface area contributed by atoms with Crippen molar-refractivity contribution in [3.05, 3.63) is 33.4 Å². The Kier molecular flexibility index (Phi) is 6.85. The second kappa shape index (κ2) is 9.01. The number of carbonyl (C=O) groups is 3. The number of β-lactam (4-membered cyclic amide) rings is 1. The van der Waals surface area contributed by atoms with Crippen molar-refractivity contribution in [3.63, 3.8) is 0 Å². The van der Waals surface area contributed by atoms with Crippen LogP contribution in [0, 0.1) is 0 Å². The number of amides is 2. The third kappa shape index (κ3) is 4.44. The molecule has 0 bridgehead atoms. The van der Waals surface area contributed by atoms with Crippen molar-refractivity contribution >= 4 is 48.5 Å². The zero-order chi connectivity index (χ0) is 21.2. The van der Waals surface area contributed by atoms with Gasteiger partial charge < -0.3 is 19.1 Å². The minimum atomic E-state index is -3.79. The van der Waals surface area contributed by atoms with Crippen LogP contribution in [0.5, 0.6) is 0 Å². The average molecular weight is 460 g/mol. The Labute approximate surface area is 176 Å². The number of ether oxygens (including phenoxy) is 1. The highest BCUT2D eigenvalue weighted by Gasteiger charge is 2.57. The molecule has 1 fully saturated rings. The van der Waals surface area contributed by atoms with Gasteiger partial charge in [-0.3, -0.25) is 23.8 Å². The summed E-state index contributed by atoms with van der Waals surface area (Å²) < 4.78 is 28.3. The van der Waals surface area contributed by atoms with Crippen LogP contribution in [0.2, 0.25) is 0 Å². The molecule has 29 heavy (non-hydrogen) atoms. The summed E-state index contributed by atoms with van der Waals surface area (Å²) in [5.41, 5.74) is 0.562. The van der Waals surface area contributed by atoms with Gasteiger partial charge in [-0.25, -0.2) is 0 Å². The quantitative estimate of drug-likeness (QED) is 0.356. The van der Waals surface area contributed by atoms with E-state index in [1.165, 1.54) is 49.1 Å². The molecule has 158 valence electrons. The predicted octanol–water partition coefficient (Wildman–Crippen LogP) is 1.95. The van der Waals surface area contributed by atoms with Crippen LogP contribution in [0.1, 0.15) is 11.8 Å². The van der Waals surface area contributed by atoms with Crippen molar-refractivity contribution < 1.29 is 32.7 Å². The number of hydrogen-bond donors (Lipinski definition) is 1. The van der Waals surface area contributed by atoms with E-state index in [1.807, 2.05) is 17.5 Å². The molecule has 12 heteroatoms. The zero-order valence-electron chi connectivity index (χ0n) is 16.1. The molecule has 3 rings (SSSR count). The molecule has 0 radical (unpaired) electrons. The van der Waals surface area contributed by atoms with Crippen molar-refractivity contribution in [2.75, 3.05) is 26.6 Å². The number of rotatable bonds is 8. The van der Waals surface area contributed by atoms with Gasteiger partial charge in [0.1, 0.15) is 23.5 Å². The minimum Gasteiger partial charge on any atom is -0.461 e. The largest absolute Gasteiger partial charge is 0.461 e. The van der Waals surface area contributed by atoms with Gasteiger partial charge in [-0.05, 0) is 11.4 Å². The monoisotopic (exact) mass is 460 g/mol. The Balaban J connectivity index is 1.80. The number of carbonyl (C=O) groups excluding carboxylic acids is 3. The maximum absolute atomic E-state index is 13.1. The minimum absolute atomic E-state index is 0.0845. The van der Waals surface area contributed by atoms with E-state index in [-0.39, 0.29) is 24.4 Å². The number of thiophene rings is 1. The molecule has 0 unspecified atom stereocenters. The number of fused-ring (bicyclic) bond motifs is 1. The first-order valence-corrected chi connectivity index (χ1v) is 12.1. The van der Waals surface area contributed by atoms with Gasteiger partial charge >= 0.3 is 13.6 Å². The summed E-state index contributed by atoms with van der Waals surface area (Å²) >= 11 is 2.85. The normalized spacial score (nSPS) is 21.5. The van der Waals surface area contributed by atoms with Crippen molar-refractivity contribution in [2.24, 2.45) is 0 Å². The van der Waals surface area contributed by atoms with E-state index < -0.39 is 30.9 Å².